The van der Waals surface area contributed by atoms with Gasteiger partial charge in [0.25, 0.3) is 0 Å². The summed E-state index contributed by atoms with van der Waals surface area (Å²) in [7, 11) is 0. The number of ether oxygens (including phenoxy) is 1. The van der Waals surface area contributed by atoms with Crippen molar-refractivity contribution >= 4 is 34.0 Å². The number of rotatable bonds is 6. The molecule has 0 radical (unpaired) electrons. The Kier molecular flexibility index (Phi) is 6.00. The minimum atomic E-state index is -0.385. The molecule has 0 saturated carbocycles. The quantitative estimate of drug-likeness (QED) is 0.381. The minimum Gasteiger partial charge on any atom is -0.457 e. The van der Waals surface area contributed by atoms with Crippen LogP contribution in [0, 0.1) is 5.92 Å². The molecule has 1 saturated heterocycles. The third-order valence-corrected chi connectivity index (χ3v) is 6.26. The van der Waals surface area contributed by atoms with E-state index in [4.69, 9.17) is 4.74 Å². The predicted molar refractivity (Wildman–Crippen MR) is 135 cm³/mol. The molecular formula is C29H26N2O3. The number of nitrogens with one attached hydrogen (secondary N) is 1. The van der Waals surface area contributed by atoms with Crippen molar-refractivity contribution in [3.05, 3.63) is 96.6 Å². The Labute approximate surface area is 199 Å². The molecule has 34 heavy (non-hydrogen) atoms. The van der Waals surface area contributed by atoms with E-state index in [1.807, 2.05) is 78.9 Å². The highest BCUT2D eigenvalue weighted by Gasteiger charge is 2.35. The average molecular weight is 451 g/mol. The van der Waals surface area contributed by atoms with Crippen LogP contribution >= 0.6 is 0 Å². The lowest BCUT2D eigenvalue weighted by molar-refractivity contribution is -0.122. The molecule has 0 aliphatic carbocycles. The number of carbonyl (C=O) groups is 2. The summed E-state index contributed by atoms with van der Waals surface area (Å²) in [6.45, 7) is 2.46. The predicted octanol–water partition coefficient (Wildman–Crippen LogP) is 6.19. The smallest absolute Gasteiger partial charge is 0.229 e. The van der Waals surface area contributed by atoms with Crippen molar-refractivity contribution in [1.82, 2.24) is 0 Å². The van der Waals surface area contributed by atoms with Crippen molar-refractivity contribution in [2.24, 2.45) is 5.92 Å². The van der Waals surface area contributed by atoms with Gasteiger partial charge in [0.05, 0.1) is 5.92 Å². The summed E-state index contributed by atoms with van der Waals surface area (Å²) < 4.78 is 6.09. The van der Waals surface area contributed by atoms with Gasteiger partial charge in [-0.2, -0.15) is 0 Å². The number of para-hydroxylation sites is 1. The molecule has 0 bridgehead atoms. The molecule has 170 valence electrons. The zero-order chi connectivity index (χ0) is 23.5. The third kappa shape index (κ3) is 4.37. The van der Waals surface area contributed by atoms with Crippen LogP contribution in [0.1, 0.15) is 18.9 Å². The maximum Gasteiger partial charge on any atom is 0.229 e. The van der Waals surface area contributed by atoms with E-state index in [0.29, 0.717) is 18.0 Å². The number of amides is 2. The Bertz CT molecular complexity index is 1340. The highest BCUT2D eigenvalue weighted by molar-refractivity contribution is 6.03. The molecule has 0 unspecified atom stereocenters. The van der Waals surface area contributed by atoms with E-state index in [2.05, 4.69) is 24.4 Å². The van der Waals surface area contributed by atoms with Gasteiger partial charge < -0.3 is 15.0 Å². The Morgan fingerprint density at radius 3 is 2.50 bits per heavy atom. The number of fused-ring (bicyclic) bond motifs is 1. The van der Waals surface area contributed by atoms with E-state index in [-0.39, 0.29) is 24.2 Å². The number of carbonyl (C=O) groups excluding carboxylic acids is 2. The second kappa shape index (κ2) is 9.40. The minimum absolute atomic E-state index is 0.0140. The number of anilines is 2. The fraction of sp³-hybridized carbons (Fsp3) is 0.172. The van der Waals surface area contributed by atoms with Gasteiger partial charge in [-0.3, -0.25) is 9.59 Å². The van der Waals surface area contributed by atoms with Gasteiger partial charge in [-0.25, -0.2) is 0 Å². The van der Waals surface area contributed by atoms with E-state index in [9.17, 15) is 9.59 Å². The first kappa shape index (κ1) is 21.7. The third-order valence-electron chi connectivity index (χ3n) is 6.26. The summed E-state index contributed by atoms with van der Waals surface area (Å²) in [5.74, 6) is 0.927. The molecule has 1 aliphatic rings. The van der Waals surface area contributed by atoms with Gasteiger partial charge in [0.1, 0.15) is 11.5 Å². The lowest BCUT2D eigenvalue weighted by atomic mass is 10.1. The van der Waals surface area contributed by atoms with Gasteiger partial charge in [0.15, 0.2) is 0 Å². The molecule has 5 heteroatoms. The highest BCUT2D eigenvalue weighted by Crippen LogP contribution is 2.31. The SMILES string of the molecule is CCc1ccccc1N1C[C@@H](C(=O)Nc2ccc(Oc3cccc4ccccc34)cc2)CC1=O. The van der Waals surface area contributed by atoms with Crippen LogP contribution in [0.2, 0.25) is 0 Å². The Morgan fingerprint density at radius 1 is 0.941 bits per heavy atom. The van der Waals surface area contributed by atoms with E-state index in [1.165, 1.54) is 0 Å². The van der Waals surface area contributed by atoms with Crippen LogP contribution in [0.3, 0.4) is 0 Å². The van der Waals surface area contributed by atoms with E-state index >= 15 is 0 Å². The number of nitrogens with zero attached hydrogens (tertiary/aromatic N) is 1. The zero-order valence-corrected chi connectivity index (χ0v) is 19.0. The monoisotopic (exact) mass is 450 g/mol. The first-order valence-electron chi connectivity index (χ1n) is 11.6. The van der Waals surface area contributed by atoms with Crippen LogP contribution in [-0.4, -0.2) is 18.4 Å². The number of benzene rings is 4. The Morgan fingerprint density at radius 2 is 1.68 bits per heavy atom. The zero-order valence-electron chi connectivity index (χ0n) is 19.0. The molecule has 1 atom stereocenters. The van der Waals surface area contributed by atoms with Crippen LogP contribution in [0.25, 0.3) is 10.8 Å². The van der Waals surface area contributed by atoms with Crippen LogP contribution < -0.4 is 15.0 Å². The highest BCUT2D eigenvalue weighted by atomic mass is 16.5. The normalized spacial score (nSPS) is 15.5. The lowest BCUT2D eigenvalue weighted by Gasteiger charge is -2.20. The van der Waals surface area contributed by atoms with Crippen LogP contribution in [-0.2, 0) is 16.0 Å². The van der Waals surface area contributed by atoms with Crippen molar-refractivity contribution in [2.45, 2.75) is 19.8 Å². The van der Waals surface area contributed by atoms with Gasteiger partial charge in [0, 0.05) is 29.7 Å². The standard InChI is InChI=1S/C29H26N2O3/c1-2-20-8-4-6-12-26(20)31-19-22(18-28(31)32)29(33)30-23-14-16-24(17-15-23)34-27-13-7-10-21-9-3-5-11-25(21)27/h3-17,22H,2,18-19H2,1H3,(H,30,33)/t22-/m0/s1. The molecule has 1 N–H and O–H groups in total. The summed E-state index contributed by atoms with van der Waals surface area (Å²) in [5.41, 5.74) is 2.69. The average Bonchev–Trinajstić information content (AvgIpc) is 3.27. The Hall–Kier alpha value is -4.12. The van der Waals surface area contributed by atoms with Crippen LogP contribution in [0.15, 0.2) is 91.0 Å². The molecule has 4 aromatic carbocycles. The fourth-order valence-corrected chi connectivity index (χ4v) is 4.45. The molecule has 0 spiro atoms. The van der Waals surface area contributed by atoms with E-state index in [1.54, 1.807) is 4.90 Å². The van der Waals surface area contributed by atoms with Crippen molar-refractivity contribution < 1.29 is 14.3 Å². The maximum absolute atomic E-state index is 12.9. The van der Waals surface area contributed by atoms with E-state index < -0.39 is 0 Å². The second-order valence-corrected chi connectivity index (χ2v) is 8.48. The summed E-state index contributed by atoms with van der Waals surface area (Å²) >= 11 is 0. The topological polar surface area (TPSA) is 58.6 Å². The molecule has 2 amide bonds. The van der Waals surface area contributed by atoms with Gasteiger partial charge in [-0.05, 0) is 53.8 Å². The summed E-state index contributed by atoms with van der Waals surface area (Å²) in [6.07, 6.45) is 1.05. The molecule has 1 heterocycles. The van der Waals surface area contributed by atoms with Crippen molar-refractivity contribution in [2.75, 3.05) is 16.8 Å². The van der Waals surface area contributed by atoms with Crippen molar-refractivity contribution in [3.63, 3.8) is 0 Å². The molecular weight excluding hydrogens is 424 g/mol. The Balaban J connectivity index is 1.24. The van der Waals surface area contributed by atoms with Gasteiger partial charge in [-0.15, -0.1) is 0 Å². The summed E-state index contributed by atoms with van der Waals surface area (Å²) in [4.78, 5) is 27.3. The molecule has 5 nitrogen and oxygen atoms in total. The first-order valence-corrected chi connectivity index (χ1v) is 11.6. The van der Waals surface area contributed by atoms with Crippen molar-refractivity contribution in [3.8, 4) is 11.5 Å². The molecule has 0 aromatic heterocycles. The molecule has 1 fully saturated rings. The van der Waals surface area contributed by atoms with Crippen LogP contribution in [0.5, 0.6) is 11.5 Å². The van der Waals surface area contributed by atoms with Gasteiger partial charge in [-0.1, -0.05) is 61.5 Å². The summed E-state index contributed by atoms with van der Waals surface area (Å²) in [6, 6.07) is 29.2. The number of hydrogen-bond acceptors (Lipinski definition) is 3. The fourth-order valence-electron chi connectivity index (χ4n) is 4.45. The number of hydrogen-bond donors (Lipinski definition) is 1. The maximum atomic E-state index is 12.9. The largest absolute Gasteiger partial charge is 0.457 e. The van der Waals surface area contributed by atoms with Crippen molar-refractivity contribution in [1.29, 1.82) is 0 Å². The number of aryl methyl sites for hydroxylation is 1. The molecule has 4 aromatic rings. The lowest BCUT2D eigenvalue weighted by Crippen LogP contribution is -2.28. The summed E-state index contributed by atoms with van der Waals surface area (Å²) in [5, 5.41) is 5.11. The van der Waals surface area contributed by atoms with E-state index in [0.717, 1.165) is 34.2 Å². The van der Waals surface area contributed by atoms with Crippen LogP contribution in [0.4, 0.5) is 11.4 Å². The van der Waals surface area contributed by atoms with Gasteiger partial charge >= 0.3 is 0 Å². The first-order chi connectivity index (χ1) is 16.6. The second-order valence-electron chi connectivity index (χ2n) is 8.48. The molecule has 1 aliphatic heterocycles. The molecule has 5 rings (SSSR count). The van der Waals surface area contributed by atoms with Gasteiger partial charge in [0.2, 0.25) is 11.8 Å².